The Morgan fingerprint density at radius 3 is 2.65 bits per heavy atom. The van der Waals surface area contributed by atoms with Gasteiger partial charge in [-0.2, -0.15) is 0 Å². The number of carbonyl (C=O) groups is 3. The summed E-state index contributed by atoms with van der Waals surface area (Å²) in [5.74, 6) is -0.311. The number of rotatable bonds is 5. The van der Waals surface area contributed by atoms with Crippen molar-refractivity contribution >= 4 is 23.9 Å². The molecule has 1 amide bonds. The highest BCUT2D eigenvalue weighted by Gasteiger charge is 2.43. The molecule has 0 unspecified atom stereocenters. The van der Waals surface area contributed by atoms with Crippen LogP contribution in [0.4, 0.5) is 5.69 Å². The average Bonchev–Trinajstić information content (AvgIpc) is 2.51. The molecule has 0 saturated heterocycles. The summed E-state index contributed by atoms with van der Waals surface area (Å²) in [6, 6.07) is 3.00. The Kier molecular flexibility index (Phi) is 4.58. The van der Waals surface area contributed by atoms with Gasteiger partial charge in [-0.25, -0.2) is 0 Å². The molecule has 1 heterocycles. The SMILES string of the molecule is CCOC(=O)CN1C(=O)C(C)(C)Oc2c(OC)cc(C=O)cc21. The minimum absolute atomic E-state index is 0.214. The molecule has 1 aromatic carbocycles. The van der Waals surface area contributed by atoms with E-state index in [1.165, 1.54) is 24.1 Å². The molecule has 2 rings (SSSR count). The van der Waals surface area contributed by atoms with Crippen LogP contribution in [-0.4, -0.2) is 44.0 Å². The molecule has 0 atom stereocenters. The maximum absolute atomic E-state index is 12.6. The maximum Gasteiger partial charge on any atom is 0.326 e. The molecule has 7 heteroatoms. The fraction of sp³-hybridized carbons (Fsp3) is 0.438. The summed E-state index contributed by atoms with van der Waals surface area (Å²) < 4.78 is 15.9. The van der Waals surface area contributed by atoms with E-state index >= 15 is 0 Å². The first-order chi connectivity index (χ1) is 10.8. The Morgan fingerprint density at radius 1 is 1.39 bits per heavy atom. The number of aldehydes is 1. The van der Waals surface area contributed by atoms with E-state index in [2.05, 4.69) is 0 Å². The maximum atomic E-state index is 12.6. The normalized spacial score (nSPS) is 15.5. The average molecular weight is 321 g/mol. The van der Waals surface area contributed by atoms with Gasteiger partial charge in [0.2, 0.25) is 0 Å². The highest BCUT2D eigenvalue weighted by atomic mass is 16.5. The standard InChI is InChI=1S/C16H19NO6/c1-5-22-13(19)8-17-11-6-10(9-18)7-12(21-4)14(11)23-16(2,3)15(17)20/h6-7,9H,5,8H2,1-4H3. The van der Waals surface area contributed by atoms with Crippen LogP contribution in [-0.2, 0) is 14.3 Å². The summed E-state index contributed by atoms with van der Waals surface area (Å²) in [6.45, 7) is 4.83. The van der Waals surface area contributed by atoms with Gasteiger partial charge in [0.1, 0.15) is 12.8 Å². The number of amides is 1. The fourth-order valence-corrected chi connectivity index (χ4v) is 2.36. The van der Waals surface area contributed by atoms with Crippen molar-refractivity contribution in [1.29, 1.82) is 0 Å². The molecule has 0 bridgehead atoms. The lowest BCUT2D eigenvalue weighted by atomic mass is 10.0. The van der Waals surface area contributed by atoms with E-state index in [-0.39, 0.29) is 13.2 Å². The number of methoxy groups -OCH3 is 1. The van der Waals surface area contributed by atoms with Crippen molar-refractivity contribution < 1.29 is 28.6 Å². The number of ether oxygens (including phenoxy) is 3. The molecular weight excluding hydrogens is 302 g/mol. The number of fused-ring (bicyclic) bond motifs is 1. The molecule has 1 aliphatic heterocycles. The third-order valence-corrected chi connectivity index (χ3v) is 3.41. The van der Waals surface area contributed by atoms with E-state index in [1.54, 1.807) is 20.8 Å². The largest absolute Gasteiger partial charge is 0.493 e. The van der Waals surface area contributed by atoms with Crippen LogP contribution in [0.1, 0.15) is 31.1 Å². The molecule has 0 saturated carbocycles. The lowest BCUT2D eigenvalue weighted by Crippen LogP contribution is -2.54. The fourth-order valence-electron chi connectivity index (χ4n) is 2.36. The number of carbonyl (C=O) groups excluding carboxylic acids is 3. The monoisotopic (exact) mass is 321 g/mol. The van der Waals surface area contributed by atoms with Gasteiger partial charge in [0.25, 0.3) is 5.91 Å². The lowest BCUT2D eigenvalue weighted by Gasteiger charge is -2.38. The second-order valence-corrected chi connectivity index (χ2v) is 5.50. The van der Waals surface area contributed by atoms with Gasteiger partial charge in [-0.15, -0.1) is 0 Å². The van der Waals surface area contributed by atoms with Gasteiger partial charge in [-0.3, -0.25) is 19.3 Å². The topological polar surface area (TPSA) is 82.1 Å². The minimum Gasteiger partial charge on any atom is -0.493 e. The van der Waals surface area contributed by atoms with Crippen molar-refractivity contribution in [2.75, 3.05) is 25.2 Å². The molecule has 0 radical (unpaired) electrons. The van der Waals surface area contributed by atoms with Crippen molar-refractivity contribution in [3.05, 3.63) is 17.7 Å². The van der Waals surface area contributed by atoms with Crippen LogP contribution in [0, 0.1) is 0 Å². The third-order valence-electron chi connectivity index (χ3n) is 3.41. The van der Waals surface area contributed by atoms with Gasteiger partial charge in [0.15, 0.2) is 17.1 Å². The Bertz CT molecular complexity index is 652. The zero-order chi connectivity index (χ0) is 17.2. The molecule has 1 aromatic rings. The molecule has 124 valence electrons. The zero-order valence-corrected chi connectivity index (χ0v) is 13.5. The van der Waals surface area contributed by atoms with Gasteiger partial charge in [-0.1, -0.05) is 0 Å². The number of hydrogen-bond donors (Lipinski definition) is 0. The molecule has 0 fully saturated rings. The van der Waals surface area contributed by atoms with E-state index in [0.717, 1.165) is 0 Å². The van der Waals surface area contributed by atoms with Crippen LogP contribution in [0.5, 0.6) is 11.5 Å². The molecule has 1 aliphatic rings. The van der Waals surface area contributed by atoms with E-state index in [0.29, 0.717) is 29.0 Å². The number of nitrogens with zero attached hydrogens (tertiary/aromatic N) is 1. The summed E-state index contributed by atoms with van der Waals surface area (Å²) in [7, 11) is 1.44. The van der Waals surface area contributed by atoms with Crippen molar-refractivity contribution in [3.8, 4) is 11.5 Å². The van der Waals surface area contributed by atoms with Crippen LogP contribution in [0.25, 0.3) is 0 Å². The predicted octanol–water partition coefficient (Wildman–Crippen LogP) is 1.57. The zero-order valence-electron chi connectivity index (χ0n) is 13.5. The molecule has 0 aliphatic carbocycles. The Labute approximate surface area is 134 Å². The predicted molar refractivity (Wildman–Crippen MR) is 82.1 cm³/mol. The molecule has 0 aromatic heterocycles. The molecule has 23 heavy (non-hydrogen) atoms. The first-order valence-electron chi connectivity index (χ1n) is 7.17. The summed E-state index contributed by atoms with van der Waals surface area (Å²) >= 11 is 0. The number of hydrogen-bond acceptors (Lipinski definition) is 6. The molecule has 0 spiro atoms. The van der Waals surface area contributed by atoms with Crippen LogP contribution in [0.3, 0.4) is 0 Å². The van der Waals surface area contributed by atoms with E-state index in [1.807, 2.05) is 0 Å². The smallest absolute Gasteiger partial charge is 0.326 e. The highest BCUT2D eigenvalue weighted by molar-refractivity contribution is 6.06. The Hall–Kier alpha value is -2.57. The first-order valence-corrected chi connectivity index (χ1v) is 7.17. The Balaban J connectivity index is 2.56. The number of benzene rings is 1. The van der Waals surface area contributed by atoms with Gasteiger partial charge in [0.05, 0.1) is 19.4 Å². The summed E-state index contributed by atoms with van der Waals surface area (Å²) in [5.41, 5.74) is -0.551. The molecule has 0 N–H and O–H groups in total. The van der Waals surface area contributed by atoms with Gasteiger partial charge in [-0.05, 0) is 32.9 Å². The van der Waals surface area contributed by atoms with Crippen molar-refractivity contribution in [2.45, 2.75) is 26.4 Å². The lowest BCUT2D eigenvalue weighted by molar-refractivity contribution is -0.144. The van der Waals surface area contributed by atoms with Gasteiger partial charge in [0, 0.05) is 5.56 Å². The second kappa shape index (κ2) is 6.28. The number of esters is 1. The van der Waals surface area contributed by atoms with Crippen molar-refractivity contribution in [1.82, 2.24) is 0 Å². The first kappa shape index (κ1) is 16.8. The van der Waals surface area contributed by atoms with Crippen LogP contribution < -0.4 is 14.4 Å². The summed E-state index contributed by atoms with van der Waals surface area (Å²) in [5, 5.41) is 0. The van der Waals surface area contributed by atoms with Crippen LogP contribution in [0.15, 0.2) is 12.1 Å². The van der Waals surface area contributed by atoms with E-state index < -0.39 is 17.5 Å². The van der Waals surface area contributed by atoms with Gasteiger partial charge < -0.3 is 14.2 Å². The van der Waals surface area contributed by atoms with Gasteiger partial charge >= 0.3 is 5.97 Å². The quantitative estimate of drug-likeness (QED) is 0.605. The van der Waals surface area contributed by atoms with Crippen LogP contribution in [0.2, 0.25) is 0 Å². The summed E-state index contributed by atoms with van der Waals surface area (Å²) in [4.78, 5) is 36.8. The number of anilines is 1. The Morgan fingerprint density at radius 2 is 2.09 bits per heavy atom. The highest BCUT2D eigenvalue weighted by Crippen LogP contribution is 2.44. The minimum atomic E-state index is -1.17. The third kappa shape index (κ3) is 3.13. The summed E-state index contributed by atoms with van der Waals surface area (Å²) in [6.07, 6.45) is 0.634. The van der Waals surface area contributed by atoms with Crippen molar-refractivity contribution in [3.63, 3.8) is 0 Å². The molecular formula is C16H19NO6. The van der Waals surface area contributed by atoms with E-state index in [9.17, 15) is 14.4 Å². The van der Waals surface area contributed by atoms with Crippen LogP contribution >= 0.6 is 0 Å². The van der Waals surface area contributed by atoms with E-state index in [4.69, 9.17) is 14.2 Å². The second-order valence-electron chi connectivity index (χ2n) is 5.50. The molecule has 7 nitrogen and oxygen atoms in total. The van der Waals surface area contributed by atoms with Crippen molar-refractivity contribution in [2.24, 2.45) is 0 Å².